The largest absolute Gasteiger partial charge is 0.489 e. The normalized spacial score (nSPS) is 15.6. The van der Waals surface area contributed by atoms with Crippen molar-refractivity contribution in [3.63, 3.8) is 0 Å². The van der Waals surface area contributed by atoms with Crippen LogP contribution in [0.4, 0.5) is 4.79 Å². The Morgan fingerprint density at radius 3 is 2.63 bits per heavy atom. The maximum Gasteiger partial charge on any atom is 0.410 e. The lowest BCUT2D eigenvalue weighted by molar-refractivity contribution is 0.0290. The molecule has 1 fully saturated rings. The quantitative estimate of drug-likeness (QED) is 0.561. The number of nitriles is 1. The van der Waals surface area contributed by atoms with Crippen LogP contribution in [0.15, 0.2) is 46.9 Å². The van der Waals surface area contributed by atoms with Crippen LogP contribution < -0.4 is 10.1 Å². The molecule has 1 saturated heterocycles. The van der Waals surface area contributed by atoms with Crippen LogP contribution in [0, 0.1) is 18.3 Å². The minimum atomic E-state index is -0.564. The molecule has 2 amide bonds. The molecule has 8 heteroatoms. The number of carbonyl (C=O) groups excluding carboxylic acids is 2. The summed E-state index contributed by atoms with van der Waals surface area (Å²) in [5.41, 5.74) is 2.02. The van der Waals surface area contributed by atoms with Gasteiger partial charge in [0.15, 0.2) is 0 Å². The molecule has 35 heavy (non-hydrogen) atoms. The van der Waals surface area contributed by atoms with Gasteiger partial charge in [0.05, 0.1) is 17.2 Å². The van der Waals surface area contributed by atoms with Gasteiger partial charge in [0, 0.05) is 24.5 Å². The van der Waals surface area contributed by atoms with Crippen LogP contribution in [-0.2, 0) is 11.3 Å². The molecule has 1 aliphatic rings. The third-order valence-corrected chi connectivity index (χ3v) is 5.73. The topological polar surface area (TPSA) is 105 Å². The summed E-state index contributed by atoms with van der Waals surface area (Å²) in [5.74, 6) is 0.874. The number of hydrogen-bond acceptors (Lipinski definition) is 6. The van der Waals surface area contributed by atoms with Crippen LogP contribution in [0.25, 0.3) is 11.0 Å². The molecule has 0 spiro atoms. The molecule has 0 saturated carbocycles. The van der Waals surface area contributed by atoms with E-state index in [0.717, 1.165) is 5.56 Å². The molecule has 0 radical (unpaired) electrons. The van der Waals surface area contributed by atoms with E-state index in [1.807, 2.05) is 32.9 Å². The van der Waals surface area contributed by atoms with Crippen molar-refractivity contribution in [1.29, 1.82) is 5.26 Å². The molecule has 0 aliphatic carbocycles. The van der Waals surface area contributed by atoms with Gasteiger partial charge in [-0.3, -0.25) is 4.79 Å². The van der Waals surface area contributed by atoms with Gasteiger partial charge >= 0.3 is 6.09 Å². The van der Waals surface area contributed by atoms with Crippen LogP contribution >= 0.6 is 0 Å². The number of amides is 2. The molecule has 2 heterocycles. The summed E-state index contributed by atoms with van der Waals surface area (Å²) in [7, 11) is 0. The molecule has 0 bridgehead atoms. The highest BCUT2D eigenvalue weighted by atomic mass is 16.6. The van der Waals surface area contributed by atoms with Crippen molar-refractivity contribution in [2.24, 2.45) is 0 Å². The number of nitrogens with one attached hydrogen (secondary N) is 1. The van der Waals surface area contributed by atoms with Crippen molar-refractivity contribution < 1.29 is 23.5 Å². The lowest BCUT2D eigenvalue weighted by Gasteiger charge is -2.24. The molecule has 4 rings (SSSR count). The van der Waals surface area contributed by atoms with Gasteiger partial charge in [0.1, 0.15) is 29.3 Å². The first kappa shape index (κ1) is 24.1. The van der Waals surface area contributed by atoms with E-state index in [9.17, 15) is 9.59 Å². The van der Waals surface area contributed by atoms with Crippen LogP contribution in [0.1, 0.15) is 54.4 Å². The maximum atomic E-state index is 13.2. The molecule has 3 aromatic rings. The molecular formula is C27H29N3O5. The first-order valence-corrected chi connectivity index (χ1v) is 11.6. The van der Waals surface area contributed by atoms with Crippen molar-refractivity contribution in [3.8, 4) is 11.8 Å². The van der Waals surface area contributed by atoms with Crippen molar-refractivity contribution in [1.82, 2.24) is 10.2 Å². The Balaban J connectivity index is 1.43. The number of likely N-dealkylation sites (tertiary alicyclic amines) is 1. The molecule has 182 valence electrons. The third-order valence-electron chi connectivity index (χ3n) is 5.73. The van der Waals surface area contributed by atoms with E-state index in [1.54, 1.807) is 42.2 Å². The van der Waals surface area contributed by atoms with Gasteiger partial charge in [-0.2, -0.15) is 5.26 Å². The monoisotopic (exact) mass is 475 g/mol. The molecule has 0 unspecified atom stereocenters. The molecule has 1 atom stereocenters. The summed E-state index contributed by atoms with van der Waals surface area (Å²) in [6.45, 7) is 8.50. The Bertz CT molecular complexity index is 1280. The van der Waals surface area contributed by atoms with E-state index < -0.39 is 5.60 Å². The van der Waals surface area contributed by atoms with E-state index in [1.165, 1.54) is 0 Å². The van der Waals surface area contributed by atoms with Crippen LogP contribution in [0.5, 0.6) is 5.75 Å². The van der Waals surface area contributed by atoms with Crippen molar-refractivity contribution in [2.75, 3.05) is 13.1 Å². The predicted molar refractivity (Wildman–Crippen MR) is 130 cm³/mol. The Labute approximate surface area is 204 Å². The summed E-state index contributed by atoms with van der Waals surface area (Å²) in [6, 6.07) is 14.5. The van der Waals surface area contributed by atoms with E-state index in [4.69, 9.17) is 19.2 Å². The van der Waals surface area contributed by atoms with Crippen molar-refractivity contribution in [2.45, 2.75) is 52.4 Å². The number of fused-ring (bicyclic) bond motifs is 1. The summed E-state index contributed by atoms with van der Waals surface area (Å²) in [4.78, 5) is 27.1. The second-order valence-corrected chi connectivity index (χ2v) is 9.67. The first-order chi connectivity index (χ1) is 16.6. The number of benzene rings is 2. The van der Waals surface area contributed by atoms with Crippen LogP contribution in [0.3, 0.4) is 0 Å². The van der Waals surface area contributed by atoms with Gasteiger partial charge < -0.3 is 24.1 Å². The third kappa shape index (κ3) is 5.75. The van der Waals surface area contributed by atoms with E-state index in [0.29, 0.717) is 59.7 Å². The SMILES string of the molecule is Cc1oc2ccc(OCc3ccc(C#N)cc3)cc2c1C(=O)N[C@H]1CCN(C(=O)OC(C)(C)C)C1. The fraction of sp³-hybridized carbons (Fsp3) is 0.370. The van der Waals surface area contributed by atoms with E-state index in [-0.39, 0.29) is 18.0 Å². The van der Waals surface area contributed by atoms with Gasteiger partial charge in [-0.25, -0.2) is 4.79 Å². The average molecular weight is 476 g/mol. The summed E-state index contributed by atoms with van der Waals surface area (Å²) in [6.07, 6.45) is 0.280. The zero-order valence-electron chi connectivity index (χ0n) is 20.4. The molecule has 1 aliphatic heterocycles. The Kier molecular flexibility index (Phi) is 6.70. The van der Waals surface area contributed by atoms with Gasteiger partial charge in [0.2, 0.25) is 0 Å². The molecule has 8 nitrogen and oxygen atoms in total. The number of rotatable bonds is 5. The van der Waals surface area contributed by atoms with Crippen molar-refractivity contribution >= 4 is 23.0 Å². The summed E-state index contributed by atoms with van der Waals surface area (Å²) < 4.78 is 17.2. The number of hydrogen-bond donors (Lipinski definition) is 1. The highest BCUT2D eigenvalue weighted by Gasteiger charge is 2.31. The highest BCUT2D eigenvalue weighted by molar-refractivity contribution is 6.07. The summed E-state index contributed by atoms with van der Waals surface area (Å²) >= 11 is 0. The zero-order chi connectivity index (χ0) is 25.2. The number of furan rings is 1. The smallest absolute Gasteiger partial charge is 0.410 e. The van der Waals surface area contributed by atoms with Gasteiger partial charge in [-0.1, -0.05) is 12.1 Å². The second-order valence-electron chi connectivity index (χ2n) is 9.67. The number of carbonyl (C=O) groups is 2. The second kappa shape index (κ2) is 9.71. The van der Waals surface area contributed by atoms with E-state index in [2.05, 4.69) is 11.4 Å². The van der Waals surface area contributed by atoms with Crippen LogP contribution in [0.2, 0.25) is 0 Å². The molecular weight excluding hydrogens is 446 g/mol. The number of aryl methyl sites for hydroxylation is 1. The van der Waals surface area contributed by atoms with Crippen molar-refractivity contribution in [3.05, 3.63) is 64.9 Å². The molecule has 1 N–H and O–H groups in total. The number of ether oxygens (including phenoxy) is 2. The maximum absolute atomic E-state index is 13.2. The standard InChI is InChI=1S/C27H29N3O5/c1-17-24(25(31)29-20-11-12-30(15-20)26(32)35-27(2,3)4)22-13-21(9-10-23(22)34-17)33-16-19-7-5-18(14-28)6-8-19/h5-10,13,20H,11-12,15-16H2,1-4H3,(H,29,31)/t20-/m0/s1. The van der Waals surface area contributed by atoms with Gasteiger partial charge in [-0.15, -0.1) is 0 Å². The fourth-order valence-electron chi connectivity index (χ4n) is 4.04. The van der Waals surface area contributed by atoms with Gasteiger partial charge in [-0.05, 0) is 70.0 Å². The lowest BCUT2D eigenvalue weighted by atomic mass is 10.1. The van der Waals surface area contributed by atoms with Crippen LogP contribution in [-0.4, -0.2) is 41.6 Å². The lowest BCUT2D eigenvalue weighted by Crippen LogP contribution is -2.40. The zero-order valence-corrected chi connectivity index (χ0v) is 20.4. The minimum absolute atomic E-state index is 0.171. The van der Waals surface area contributed by atoms with E-state index >= 15 is 0 Å². The molecule has 2 aromatic carbocycles. The molecule has 1 aromatic heterocycles. The Morgan fingerprint density at radius 2 is 1.94 bits per heavy atom. The minimum Gasteiger partial charge on any atom is -0.489 e. The first-order valence-electron chi connectivity index (χ1n) is 11.6. The number of nitrogens with zero attached hydrogens (tertiary/aromatic N) is 2. The highest BCUT2D eigenvalue weighted by Crippen LogP contribution is 2.30. The average Bonchev–Trinajstić information content (AvgIpc) is 3.40. The summed E-state index contributed by atoms with van der Waals surface area (Å²) in [5, 5.41) is 12.6. The Hall–Kier alpha value is -3.99. The predicted octanol–water partition coefficient (Wildman–Crippen LogP) is 4.93. The fourth-order valence-corrected chi connectivity index (χ4v) is 4.04. The van der Waals surface area contributed by atoms with Gasteiger partial charge in [0.25, 0.3) is 5.91 Å². The Morgan fingerprint density at radius 1 is 1.20 bits per heavy atom.